The first-order valence-corrected chi connectivity index (χ1v) is 23.7. The number of nitrogens with one attached hydrogen (secondary N) is 1. The smallest absolute Gasteiger partial charge is 0.336 e. The highest BCUT2D eigenvalue weighted by Crippen LogP contribution is 2.73. The van der Waals surface area contributed by atoms with Crippen LogP contribution in [0.15, 0.2) is 119 Å². The average molecular weight is 872 g/mol. The van der Waals surface area contributed by atoms with Crippen molar-refractivity contribution >= 4 is 68.9 Å². The molecule has 8 rings (SSSR count). The van der Waals surface area contributed by atoms with Gasteiger partial charge < -0.3 is 15.2 Å². The molecule has 14 heteroatoms. The molecule has 316 valence electrons. The number of hydrogen-bond acceptors (Lipinski definition) is 10. The second-order valence-electron chi connectivity index (χ2n) is 16.2. The Morgan fingerprint density at radius 1 is 1.05 bits per heavy atom. The number of aliphatic hydroxyl groups excluding tert-OH is 1. The van der Waals surface area contributed by atoms with Gasteiger partial charge in [0.25, 0.3) is 15.9 Å². The number of carbonyl (C=O) groups excluding carboxylic acids is 3. The maximum Gasteiger partial charge on any atom is 0.336 e. The Hall–Kier alpha value is -4.50. The van der Waals surface area contributed by atoms with Crippen molar-refractivity contribution in [1.82, 2.24) is 9.29 Å². The third-order valence-electron chi connectivity index (χ3n) is 13.2. The molecule has 7 atom stereocenters. The van der Waals surface area contributed by atoms with E-state index in [1.54, 1.807) is 48.6 Å². The number of fused-ring (bicyclic) bond motifs is 6. The Kier molecular flexibility index (Phi) is 12.2. The third kappa shape index (κ3) is 7.26. The van der Waals surface area contributed by atoms with Crippen LogP contribution >= 0.6 is 23.5 Å². The zero-order valence-corrected chi connectivity index (χ0v) is 36.7. The fraction of sp³-hybridized carbons (Fsp3) is 0.391. The lowest BCUT2D eigenvalue weighted by atomic mass is 9.46. The zero-order valence-electron chi connectivity index (χ0n) is 34.3. The van der Waals surface area contributed by atoms with Gasteiger partial charge in [0.1, 0.15) is 5.82 Å². The van der Waals surface area contributed by atoms with E-state index in [1.165, 1.54) is 37.5 Å². The van der Waals surface area contributed by atoms with E-state index in [1.807, 2.05) is 60.8 Å². The molecule has 2 aromatic carbocycles. The molecule has 1 aromatic heterocycles. The van der Waals surface area contributed by atoms with Crippen LogP contribution in [0.3, 0.4) is 0 Å². The number of pyridine rings is 1. The van der Waals surface area contributed by atoms with Gasteiger partial charge in [0, 0.05) is 36.2 Å². The normalized spacial score (nSPS) is 31.2. The van der Waals surface area contributed by atoms with Gasteiger partial charge in [-0.1, -0.05) is 74.0 Å². The summed E-state index contributed by atoms with van der Waals surface area (Å²) in [6.07, 6.45) is 14.4. The van der Waals surface area contributed by atoms with Crippen LogP contribution in [0.5, 0.6) is 0 Å². The molecule has 1 aliphatic heterocycles. The van der Waals surface area contributed by atoms with Gasteiger partial charge in [0.15, 0.2) is 22.9 Å². The molecule has 1 amide bonds. The average Bonchev–Trinajstić information content (AvgIpc) is 3.52. The summed E-state index contributed by atoms with van der Waals surface area (Å²) < 4.78 is 49.5. The SMILES string of the molecule is CCS[C@]1(SC)CC[C@H]2[C@@H]3CCC4=CC(=O)C=C[C@]4(C)[C@@]3(F)[C@@H](O)C[C@@]21C.CN1C(C(=O)Nc2ccccn2)=C(OC(=O)/C=C/c2ccccc2)c2ccccc2S1(=O)=O. The Morgan fingerprint density at radius 3 is 2.47 bits per heavy atom. The number of sulfonamides is 1. The summed E-state index contributed by atoms with van der Waals surface area (Å²) in [5.41, 5.74) is -1.20. The molecule has 0 bridgehead atoms. The summed E-state index contributed by atoms with van der Waals surface area (Å²) in [7, 11) is -2.82. The van der Waals surface area contributed by atoms with Crippen LogP contribution in [0.1, 0.15) is 64.0 Å². The van der Waals surface area contributed by atoms with E-state index >= 15 is 4.39 Å². The minimum absolute atomic E-state index is 0.0544. The molecule has 5 aliphatic rings. The lowest BCUT2D eigenvalue weighted by molar-refractivity contribution is -0.189. The molecular formula is C46H50FN3O7S3. The highest BCUT2D eigenvalue weighted by atomic mass is 32.2. The molecule has 2 N–H and O–H groups in total. The van der Waals surface area contributed by atoms with Gasteiger partial charge in [-0.05, 0) is 110 Å². The van der Waals surface area contributed by atoms with Crippen LogP contribution in [0, 0.1) is 22.7 Å². The zero-order chi connectivity index (χ0) is 43.1. The Balaban J connectivity index is 0.000000185. The van der Waals surface area contributed by atoms with Gasteiger partial charge in [-0.2, -0.15) is 0 Å². The number of likely N-dealkylation sites (N-methyl/N-ethyl adjacent to an activating group) is 1. The van der Waals surface area contributed by atoms with Crippen molar-refractivity contribution in [3.05, 3.63) is 126 Å². The van der Waals surface area contributed by atoms with Crippen LogP contribution < -0.4 is 5.32 Å². The van der Waals surface area contributed by atoms with Crippen molar-refractivity contribution in [2.24, 2.45) is 22.7 Å². The van der Waals surface area contributed by atoms with E-state index in [0.717, 1.165) is 46.9 Å². The van der Waals surface area contributed by atoms with Crippen molar-refractivity contribution in [2.75, 3.05) is 24.4 Å². The van der Waals surface area contributed by atoms with Gasteiger partial charge in [0.2, 0.25) is 0 Å². The van der Waals surface area contributed by atoms with Crippen LogP contribution in [0.25, 0.3) is 11.8 Å². The number of aliphatic hydroxyl groups is 1. The number of amides is 1. The van der Waals surface area contributed by atoms with Gasteiger partial charge in [0.05, 0.1) is 15.1 Å². The van der Waals surface area contributed by atoms with Gasteiger partial charge >= 0.3 is 5.97 Å². The molecule has 0 unspecified atom stereocenters. The second-order valence-corrected chi connectivity index (χ2v) is 21.0. The summed E-state index contributed by atoms with van der Waals surface area (Å²) in [6, 6.07) is 20.0. The topological polar surface area (TPSA) is 143 Å². The molecule has 0 saturated heterocycles. The van der Waals surface area contributed by atoms with Gasteiger partial charge in [-0.25, -0.2) is 22.6 Å². The third-order valence-corrected chi connectivity index (χ3v) is 18.7. The van der Waals surface area contributed by atoms with Crippen LogP contribution in [-0.4, -0.2) is 75.4 Å². The maximum absolute atomic E-state index is 16.9. The Morgan fingerprint density at radius 2 is 1.77 bits per heavy atom. The number of carbonyl (C=O) groups is 3. The standard InChI is InChI=1S/C24H19N3O5S.C22H31FO2S2/c1-27-22(24(29)26-20-13-7-8-16-25-20)23(18-11-5-6-12-19(18)33(27,30)31)32-21(28)15-14-17-9-3-2-4-10-17;1-5-27-21(26-4)11-9-16-17-7-6-14-12-15(24)8-10-19(14,2)22(17,23)18(25)13-20(16,21)3/h2-16H,1H3,(H,25,26,29);8,10,12,16-18,25H,5-7,9,11,13H2,1-4H3/b15-14+;/t;16-,17-,18-,19-,20-,21+,22-/m.0/s1. The number of hydrogen-bond donors (Lipinski definition) is 2. The van der Waals surface area contributed by atoms with E-state index < -0.39 is 39.1 Å². The molecule has 0 radical (unpaired) electrons. The predicted molar refractivity (Wildman–Crippen MR) is 235 cm³/mol. The fourth-order valence-electron chi connectivity index (χ4n) is 10.3. The minimum Gasteiger partial charge on any atom is -0.420 e. The Bertz CT molecular complexity index is 2410. The number of aromatic nitrogens is 1. The number of nitrogens with zero attached hydrogens (tertiary/aromatic N) is 2. The number of allylic oxidation sites excluding steroid dienone is 4. The van der Waals surface area contributed by atoms with E-state index in [9.17, 15) is 27.9 Å². The predicted octanol–water partition coefficient (Wildman–Crippen LogP) is 8.45. The molecule has 10 nitrogen and oxygen atoms in total. The molecule has 2 heterocycles. The summed E-state index contributed by atoms with van der Waals surface area (Å²) in [6.45, 7) is 6.40. The first kappa shape index (κ1) is 43.6. The van der Waals surface area contributed by atoms with Crippen LogP contribution in [-0.2, 0) is 29.1 Å². The highest BCUT2D eigenvalue weighted by Gasteiger charge is 2.73. The first-order chi connectivity index (χ1) is 28.6. The van der Waals surface area contributed by atoms with Crippen LogP contribution in [0.2, 0.25) is 0 Å². The number of rotatable bonds is 8. The van der Waals surface area contributed by atoms with Crippen molar-refractivity contribution in [3.63, 3.8) is 0 Å². The molecule has 3 saturated carbocycles. The fourth-order valence-corrected chi connectivity index (χ4v) is 14.8. The van der Waals surface area contributed by atoms with E-state index in [0.29, 0.717) is 6.42 Å². The maximum atomic E-state index is 16.9. The quantitative estimate of drug-likeness (QED) is 0.129. The number of thioether (sulfide) groups is 2. The van der Waals surface area contributed by atoms with Gasteiger partial charge in [-0.15, -0.1) is 23.5 Å². The van der Waals surface area contributed by atoms with Crippen LogP contribution in [0.4, 0.5) is 10.2 Å². The van der Waals surface area contributed by atoms with E-state index in [2.05, 4.69) is 30.4 Å². The summed E-state index contributed by atoms with van der Waals surface area (Å²) in [4.78, 5) is 41.6. The highest BCUT2D eigenvalue weighted by molar-refractivity contribution is 8.18. The summed E-state index contributed by atoms with van der Waals surface area (Å²) in [5, 5.41) is 13.9. The molecule has 3 aromatic rings. The molecule has 60 heavy (non-hydrogen) atoms. The lowest BCUT2D eigenvalue weighted by Gasteiger charge is -2.63. The molecule has 4 aliphatic carbocycles. The van der Waals surface area contributed by atoms with E-state index in [-0.39, 0.29) is 54.8 Å². The monoisotopic (exact) mass is 871 g/mol. The number of alkyl halides is 1. The number of ether oxygens (including phenoxy) is 1. The van der Waals surface area contributed by atoms with E-state index in [4.69, 9.17) is 4.74 Å². The molecular weight excluding hydrogens is 822 g/mol. The number of anilines is 1. The van der Waals surface area contributed by atoms with Crippen molar-refractivity contribution in [1.29, 1.82) is 0 Å². The van der Waals surface area contributed by atoms with Crippen molar-refractivity contribution < 1.29 is 37.0 Å². The largest absolute Gasteiger partial charge is 0.420 e. The lowest BCUT2D eigenvalue weighted by Crippen LogP contribution is -2.67. The number of esters is 1. The number of ketones is 1. The molecule has 3 fully saturated rings. The molecule has 0 spiro atoms. The second kappa shape index (κ2) is 16.8. The van der Waals surface area contributed by atoms with Gasteiger partial charge in [-0.3, -0.25) is 13.9 Å². The summed E-state index contributed by atoms with van der Waals surface area (Å²) in [5.74, 6) is -0.391. The Labute approximate surface area is 359 Å². The number of benzene rings is 2. The first-order valence-electron chi connectivity index (χ1n) is 20.1. The van der Waals surface area contributed by atoms with Crippen molar-refractivity contribution in [3.8, 4) is 0 Å². The minimum atomic E-state index is -4.05. The van der Waals surface area contributed by atoms with Crippen molar-refractivity contribution in [2.45, 2.75) is 73.6 Å². The summed E-state index contributed by atoms with van der Waals surface area (Å²) >= 11 is 3.90. The number of halogens is 1.